The summed E-state index contributed by atoms with van der Waals surface area (Å²) in [4.78, 5) is 4.66. The van der Waals surface area contributed by atoms with E-state index in [1.54, 1.807) is 7.11 Å². The molecule has 0 radical (unpaired) electrons. The summed E-state index contributed by atoms with van der Waals surface area (Å²) in [6.45, 7) is 4.32. The molecule has 1 aromatic carbocycles. The molecule has 2 rings (SSSR count). The fourth-order valence-electron chi connectivity index (χ4n) is 2.09. The largest absolute Gasteiger partial charge is 0.384 e. The lowest BCUT2D eigenvalue weighted by molar-refractivity contribution is 0.199. The number of methoxy groups -OCH3 is 1. The van der Waals surface area contributed by atoms with Crippen molar-refractivity contribution in [3.05, 3.63) is 29.6 Å². The number of aryl methyl sites for hydroxylation is 1. The molecule has 0 bridgehead atoms. The molecular weight excluding hydrogens is 214 g/mol. The van der Waals surface area contributed by atoms with Gasteiger partial charge in [-0.15, -0.1) is 0 Å². The molecule has 0 spiro atoms. The predicted octanol–water partition coefficient (Wildman–Crippen LogP) is 1.70. The minimum atomic E-state index is 0.558. The van der Waals surface area contributed by atoms with Crippen LogP contribution in [0.2, 0.25) is 0 Å². The predicted molar refractivity (Wildman–Crippen MR) is 68.9 cm³/mol. The molecule has 0 aliphatic heterocycles. The maximum atomic E-state index is 5.64. The van der Waals surface area contributed by atoms with Crippen LogP contribution >= 0.6 is 0 Å². The van der Waals surface area contributed by atoms with Gasteiger partial charge in [-0.2, -0.15) is 0 Å². The van der Waals surface area contributed by atoms with Crippen LogP contribution in [0.1, 0.15) is 18.3 Å². The molecule has 0 saturated carbocycles. The molecule has 0 atom stereocenters. The van der Waals surface area contributed by atoms with E-state index in [1.165, 1.54) is 5.52 Å². The van der Waals surface area contributed by atoms with Crippen molar-refractivity contribution in [2.24, 2.45) is 5.73 Å². The first-order valence-corrected chi connectivity index (χ1v) is 5.97. The number of fused-ring (bicyclic) bond motifs is 1. The van der Waals surface area contributed by atoms with Crippen molar-refractivity contribution in [3.8, 4) is 0 Å². The molecule has 4 heteroatoms. The van der Waals surface area contributed by atoms with Crippen LogP contribution in [0.3, 0.4) is 0 Å². The van der Waals surface area contributed by atoms with Gasteiger partial charge in [-0.25, -0.2) is 4.98 Å². The number of rotatable bonds is 5. The van der Waals surface area contributed by atoms with Crippen LogP contribution in [0.25, 0.3) is 11.0 Å². The van der Waals surface area contributed by atoms with Gasteiger partial charge in [0.1, 0.15) is 5.82 Å². The molecule has 0 fully saturated rings. The Kier molecular flexibility index (Phi) is 3.76. The lowest BCUT2D eigenvalue weighted by atomic mass is 10.2. The van der Waals surface area contributed by atoms with Gasteiger partial charge in [-0.3, -0.25) is 0 Å². The molecule has 0 unspecified atom stereocenters. The van der Waals surface area contributed by atoms with Crippen LogP contribution in [-0.2, 0) is 24.2 Å². The minimum absolute atomic E-state index is 0.558. The molecule has 0 amide bonds. The second-order valence-electron chi connectivity index (χ2n) is 4.04. The van der Waals surface area contributed by atoms with Gasteiger partial charge in [0, 0.05) is 26.6 Å². The zero-order chi connectivity index (χ0) is 12.3. The monoisotopic (exact) mass is 233 g/mol. The Morgan fingerprint density at radius 2 is 2.24 bits per heavy atom. The first-order chi connectivity index (χ1) is 8.30. The highest BCUT2D eigenvalue weighted by atomic mass is 16.5. The van der Waals surface area contributed by atoms with E-state index in [0.29, 0.717) is 13.2 Å². The zero-order valence-electron chi connectivity index (χ0n) is 10.4. The van der Waals surface area contributed by atoms with Gasteiger partial charge in [0.15, 0.2) is 0 Å². The van der Waals surface area contributed by atoms with Crippen molar-refractivity contribution < 1.29 is 4.74 Å². The molecule has 0 saturated heterocycles. The lowest BCUT2D eigenvalue weighted by Gasteiger charge is -2.05. The molecule has 0 aliphatic carbocycles. The Labute approximate surface area is 101 Å². The maximum absolute atomic E-state index is 5.64. The summed E-state index contributed by atoms with van der Waals surface area (Å²) in [7, 11) is 1.71. The van der Waals surface area contributed by atoms with Gasteiger partial charge in [-0.1, -0.05) is 6.07 Å². The molecule has 4 nitrogen and oxygen atoms in total. The Hall–Kier alpha value is -1.39. The third-order valence-electron chi connectivity index (χ3n) is 2.97. The quantitative estimate of drug-likeness (QED) is 0.855. The van der Waals surface area contributed by atoms with E-state index in [4.69, 9.17) is 10.5 Å². The van der Waals surface area contributed by atoms with Crippen LogP contribution in [0.4, 0.5) is 0 Å². The number of imidazole rings is 1. The normalized spacial score (nSPS) is 11.2. The van der Waals surface area contributed by atoms with E-state index < -0.39 is 0 Å². The standard InChI is InChI=1S/C13H19N3O/c1-3-16-12-5-4-10(9-14)8-11(12)15-13(16)6-7-17-2/h4-5,8H,3,6-7,9,14H2,1-2H3. The molecule has 92 valence electrons. The summed E-state index contributed by atoms with van der Waals surface area (Å²) in [6, 6.07) is 6.23. The molecule has 17 heavy (non-hydrogen) atoms. The van der Waals surface area contributed by atoms with Crippen molar-refractivity contribution in [1.29, 1.82) is 0 Å². The number of nitrogens with zero attached hydrogens (tertiary/aromatic N) is 2. The van der Waals surface area contributed by atoms with Gasteiger partial charge in [0.2, 0.25) is 0 Å². The van der Waals surface area contributed by atoms with Crippen molar-refractivity contribution in [1.82, 2.24) is 9.55 Å². The van der Waals surface area contributed by atoms with Gasteiger partial charge in [-0.05, 0) is 24.6 Å². The number of benzene rings is 1. The Morgan fingerprint density at radius 1 is 1.41 bits per heavy atom. The highest BCUT2D eigenvalue weighted by molar-refractivity contribution is 5.77. The highest BCUT2D eigenvalue weighted by Gasteiger charge is 2.09. The van der Waals surface area contributed by atoms with Crippen LogP contribution < -0.4 is 5.73 Å². The topological polar surface area (TPSA) is 53.1 Å². The number of hydrogen-bond donors (Lipinski definition) is 1. The second kappa shape index (κ2) is 5.29. The van der Waals surface area contributed by atoms with Crippen molar-refractivity contribution in [2.75, 3.05) is 13.7 Å². The second-order valence-corrected chi connectivity index (χ2v) is 4.04. The van der Waals surface area contributed by atoms with Crippen LogP contribution in [0.5, 0.6) is 0 Å². The number of hydrogen-bond acceptors (Lipinski definition) is 3. The SMILES string of the molecule is CCn1c(CCOC)nc2cc(CN)ccc21. The van der Waals surface area contributed by atoms with Crippen LogP contribution in [0.15, 0.2) is 18.2 Å². The Bertz CT molecular complexity index is 505. The third kappa shape index (κ3) is 2.33. The van der Waals surface area contributed by atoms with Crippen LogP contribution in [-0.4, -0.2) is 23.3 Å². The maximum Gasteiger partial charge on any atom is 0.112 e. The van der Waals surface area contributed by atoms with E-state index in [2.05, 4.69) is 34.7 Å². The molecular formula is C13H19N3O. The zero-order valence-corrected chi connectivity index (χ0v) is 10.4. The van der Waals surface area contributed by atoms with Crippen molar-refractivity contribution >= 4 is 11.0 Å². The lowest BCUT2D eigenvalue weighted by Crippen LogP contribution is -2.05. The van der Waals surface area contributed by atoms with Gasteiger partial charge in [0.05, 0.1) is 17.6 Å². The van der Waals surface area contributed by atoms with Crippen LogP contribution in [0, 0.1) is 0 Å². The third-order valence-corrected chi connectivity index (χ3v) is 2.97. The fraction of sp³-hybridized carbons (Fsp3) is 0.462. The highest BCUT2D eigenvalue weighted by Crippen LogP contribution is 2.18. The summed E-state index contributed by atoms with van der Waals surface area (Å²) in [5.41, 5.74) is 8.97. The first kappa shape index (κ1) is 12.1. The summed E-state index contributed by atoms with van der Waals surface area (Å²) in [5, 5.41) is 0. The van der Waals surface area contributed by atoms with Crippen molar-refractivity contribution in [3.63, 3.8) is 0 Å². The molecule has 1 aromatic heterocycles. The average Bonchev–Trinajstić information content (AvgIpc) is 2.72. The molecule has 1 heterocycles. The Morgan fingerprint density at radius 3 is 2.88 bits per heavy atom. The molecule has 0 aliphatic rings. The minimum Gasteiger partial charge on any atom is -0.384 e. The smallest absolute Gasteiger partial charge is 0.112 e. The molecule has 2 N–H and O–H groups in total. The average molecular weight is 233 g/mol. The van der Waals surface area contributed by atoms with E-state index in [0.717, 1.165) is 29.9 Å². The first-order valence-electron chi connectivity index (χ1n) is 5.97. The van der Waals surface area contributed by atoms with E-state index in [-0.39, 0.29) is 0 Å². The van der Waals surface area contributed by atoms with Crippen molar-refractivity contribution in [2.45, 2.75) is 26.4 Å². The summed E-state index contributed by atoms with van der Waals surface area (Å²) < 4.78 is 7.34. The van der Waals surface area contributed by atoms with Gasteiger partial charge in [0.25, 0.3) is 0 Å². The van der Waals surface area contributed by atoms with Gasteiger partial charge >= 0.3 is 0 Å². The Balaban J connectivity index is 2.46. The summed E-state index contributed by atoms with van der Waals surface area (Å²) in [6.07, 6.45) is 0.844. The van der Waals surface area contributed by atoms with E-state index in [1.807, 2.05) is 0 Å². The number of ether oxygens (including phenoxy) is 1. The number of aromatic nitrogens is 2. The molecule has 2 aromatic rings. The summed E-state index contributed by atoms with van der Waals surface area (Å²) in [5.74, 6) is 1.08. The van der Waals surface area contributed by atoms with Gasteiger partial charge < -0.3 is 15.0 Å². The summed E-state index contributed by atoms with van der Waals surface area (Å²) >= 11 is 0. The van der Waals surface area contributed by atoms with E-state index >= 15 is 0 Å². The number of nitrogens with two attached hydrogens (primary N) is 1. The van der Waals surface area contributed by atoms with E-state index in [9.17, 15) is 0 Å². The fourth-order valence-corrected chi connectivity index (χ4v) is 2.09.